The summed E-state index contributed by atoms with van der Waals surface area (Å²) in [5.74, 6) is -0.430. The highest BCUT2D eigenvalue weighted by atomic mass is 16.2. The molecule has 0 radical (unpaired) electrons. The molecule has 2 unspecified atom stereocenters. The number of fused-ring (bicyclic) bond motifs is 1. The molecule has 2 amide bonds. The maximum absolute atomic E-state index is 12.5. The van der Waals surface area contributed by atoms with E-state index in [9.17, 15) is 9.59 Å². The molecule has 2 aromatic rings. The molecule has 3 heterocycles. The van der Waals surface area contributed by atoms with Crippen molar-refractivity contribution in [2.24, 2.45) is 10.9 Å². The van der Waals surface area contributed by atoms with Crippen molar-refractivity contribution in [3.63, 3.8) is 0 Å². The summed E-state index contributed by atoms with van der Waals surface area (Å²) in [6.45, 7) is 4.04. The molecule has 0 bridgehead atoms. The molecule has 158 valence electrons. The van der Waals surface area contributed by atoms with Gasteiger partial charge in [-0.2, -0.15) is 5.10 Å². The Morgan fingerprint density at radius 1 is 1.16 bits per heavy atom. The number of allylic oxidation sites excluding steroid dienone is 3. The summed E-state index contributed by atoms with van der Waals surface area (Å²) in [7, 11) is 0. The first kappa shape index (κ1) is 20.5. The number of rotatable bonds is 6. The molecule has 0 aromatic carbocycles. The van der Waals surface area contributed by atoms with Crippen LogP contribution in [-0.4, -0.2) is 44.9 Å². The molecule has 2 aliphatic rings. The summed E-state index contributed by atoms with van der Waals surface area (Å²) in [6, 6.07) is 4.95. The van der Waals surface area contributed by atoms with Gasteiger partial charge in [0.05, 0.1) is 17.9 Å². The predicted molar refractivity (Wildman–Crippen MR) is 119 cm³/mol. The van der Waals surface area contributed by atoms with E-state index in [1.54, 1.807) is 29.1 Å². The average Bonchev–Trinajstić information content (AvgIpc) is 3.26. The van der Waals surface area contributed by atoms with E-state index >= 15 is 0 Å². The number of dihydropyridines is 1. The quantitative estimate of drug-likeness (QED) is 0.755. The average molecular weight is 416 g/mol. The Hall–Kier alpha value is -3.81. The van der Waals surface area contributed by atoms with Crippen LogP contribution in [0.25, 0.3) is 5.70 Å². The van der Waals surface area contributed by atoms with E-state index in [-0.39, 0.29) is 41.2 Å². The highest BCUT2D eigenvalue weighted by Crippen LogP contribution is 2.25. The lowest BCUT2D eigenvalue weighted by molar-refractivity contribution is 0.0936. The molecule has 2 N–H and O–H groups in total. The van der Waals surface area contributed by atoms with Crippen molar-refractivity contribution in [3.05, 3.63) is 77.9 Å². The fourth-order valence-corrected chi connectivity index (χ4v) is 3.36. The summed E-state index contributed by atoms with van der Waals surface area (Å²) in [6.07, 6.45) is 15.7. The zero-order chi connectivity index (χ0) is 21.8. The first-order chi connectivity index (χ1) is 15.0. The predicted octanol–water partition coefficient (Wildman–Crippen LogP) is 2.38. The Labute approximate surface area is 180 Å². The van der Waals surface area contributed by atoms with Gasteiger partial charge in [-0.25, -0.2) is 9.67 Å². The van der Waals surface area contributed by atoms with Crippen LogP contribution in [0.5, 0.6) is 0 Å². The maximum atomic E-state index is 12.5. The highest BCUT2D eigenvalue weighted by Gasteiger charge is 2.20. The lowest BCUT2D eigenvalue weighted by atomic mass is 9.92. The Bertz CT molecular complexity index is 1110. The number of pyridine rings is 1. The summed E-state index contributed by atoms with van der Waals surface area (Å²) in [5.41, 5.74) is 2.23. The van der Waals surface area contributed by atoms with Crippen LogP contribution in [0.1, 0.15) is 40.4 Å². The lowest BCUT2D eigenvalue weighted by Crippen LogP contribution is -2.31. The smallest absolute Gasteiger partial charge is 0.270 e. The van der Waals surface area contributed by atoms with Crippen LogP contribution in [0, 0.1) is 5.92 Å². The van der Waals surface area contributed by atoms with Gasteiger partial charge in [-0.15, -0.1) is 0 Å². The first-order valence-electron chi connectivity index (χ1n) is 10.2. The third kappa shape index (κ3) is 4.85. The van der Waals surface area contributed by atoms with Crippen molar-refractivity contribution in [2.45, 2.75) is 32.5 Å². The molecule has 4 rings (SSSR count). The van der Waals surface area contributed by atoms with Crippen molar-refractivity contribution in [1.82, 2.24) is 25.4 Å². The largest absolute Gasteiger partial charge is 0.349 e. The van der Waals surface area contributed by atoms with Gasteiger partial charge < -0.3 is 10.6 Å². The number of carbonyl (C=O) groups is 2. The van der Waals surface area contributed by atoms with E-state index < -0.39 is 0 Å². The second kappa shape index (κ2) is 8.91. The standard InChI is InChI=1S/C23H24N6O2/c1-15(2)27-23(31)21-7-3-6-20(28-21)22(30)25-12-16-13-26-29(14-16)18-8-9-19-17(11-18)5-4-10-24-19/h3-11,13-15,17,19H,12H2,1-2H3,(H,25,30)(H,27,31). The van der Waals surface area contributed by atoms with Crippen LogP contribution in [0.2, 0.25) is 0 Å². The molecule has 8 heteroatoms. The second-order valence-corrected chi connectivity index (χ2v) is 7.71. The minimum absolute atomic E-state index is 0.00908. The molecular weight excluding hydrogens is 392 g/mol. The van der Waals surface area contributed by atoms with Gasteiger partial charge >= 0.3 is 0 Å². The Kier molecular flexibility index (Phi) is 5.88. The summed E-state index contributed by atoms with van der Waals surface area (Å²) in [5, 5.41) is 10.0. The zero-order valence-corrected chi connectivity index (χ0v) is 17.4. The third-order valence-corrected chi connectivity index (χ3v) is 4.89. The molecule has 0 saturated carbocycles. The summed E-state index contributed by atoms with van der Waals surface area (Å²) in [4.78, 5) is 33.2. The van der Waals surface area contributed by atoms with Gasteiger partial charge in [-0.1, -0.05) is 18.2 Å². The van der Waals surface area contributed by atoms with Crippen LogP contribution in [0.15, 0.2) is 66.0 Å². The third-order valence-electron chi connectivity index (χ3n) is 4.89. The van der Waals surface area contributed by atoms with Crippen LogP contribution in [0.4, 0.5) is 0 Å². The van der Waals surface area contributed by atoms with Crippen molar-refractivity contribution < 1.29 is 9.59 Å². The molecule has 0 spiro atoms. The zero-order valence-electron chi connectivity index (χ0n) is 17.4. The number of hydrogen-bond acceptors (Lipinski definition) is 5. The Balaban J connectivity index is 1.38. The molecule has 1 aliphatic heterocycles. The number of hydrogen-bond donors (Lipinski definition) is 2. The molecule has 0 saturated heterocycles. The SMILES string of the molecule is CC(C)NC(=O)c1cccc(C(=O)NCc2cnn(C3=CC4C=CC=NC4C=C3)c2)n1. The van der Waals surface area contributed by atoms with Crippen LogP contribution < -0.4 is 10.6 Å². The molecule has 0 fully saturated rings. The van der Waals surface area contributed by atoms with Gasteiger partial charge in [0.15, 0.2) is 0 Å². The minimum atomic E-state index is -0.350. The first-order valence-corrected chi connectivity index (χ1v) is 10.2. The van der Waals surface area contributed by atoms with E-state index in [0.29, 0.717) is 6.54 Å². The topological polar surface area (TPSA) is 101 Å². The Morgan fingerprint density at radius 2 is 1.97 bits per heavy atom. The Morgan fingerprint density at radius 3 is 2.77 bits per heavy atom. The number of nitrogens with one attached hydrogen (secondary N) is 2. The number of carbonyl (C=O) groups excluding carboxylic acids is 2. The summed E-state index contributed by atoms with van der Waals surface area (Å²) >= 11 is 0. The number of aliphatic imine (C=N–C) groups is 1. The number of nitrogens with zero attached hydrogens (tertiary/aromatic N) is 4. The van der Waals surface area contributed by atoms with Gasteiger partial charge in [0.1, 0.15) is 11.4 Å². The van der Waals surface area contributed by atoms with Crippen molar-refractivity contribution >= 4 is 23.7 Å². The molecule has 31 heavy (non-hydrogen) atoms. The van der Waals surface area contributed by atoms with E-state index in [0.717, 1.165) is 11.3 Å². The molecule has 1 aliphatic carbocycles. The van der Waals surface area contributed by atoms with Crippen molar-refractivity contribution in [1.29, 1.82) is 0 Å². The lowest BCUT2D eigenvalue weighted by Gasteiger charge is -2.22. The molecule has 2 atom stereocenters. The van der Waals surface area contributed by atoms with E-state index in [1.807, 2.05) is 38.4 Å². The molecule has 8 nitrogen and oxygen atoms in total. The van der Waals surface area contributed by atoms with Crippen molar-refractivity contribution in [2.75, 3.05) is 0 Å². The summed E-state index contributed by atoms with van der Waals surface area (Å²) < 4.78 is 1.79. The van der Waals surface area contributed by atoms with Crippen LogP contribution in [0.3, 0.4) is 0 Å². The van der Waals surface area contributed by atoms with E-state index in [1.165, 1.54) is 0 Å². The van der Waals surface area contributed by atoms with Gasteiger partial charge in [0.2, 0.25) is 0 Å². The van der Waals surface area contributed by atoms with Gasteiger partial charge in [-0.3, -0.25) is 14.6 Å². The molecule has 2 aromatic heterocycles. The number of amides is 2. The maximum Gasteiger partial charge on any atom is 0.270 e. The van der Waals surface area contributed by atoms with Gasteiger partial charge in [-0.05, 0) is 44.2 Å². The normalized spacial score (nSPS) is 19.1. The fourth-order valence-electron chi connectivity index (χ4n) is 3.36. The van der Waals surface area contributed by atoms with Crippen molar-refractivity contribution in [3.8, 4) is 0 Å². The van der Waals surface area contributed by atoms with Crippen LogP contribution >= 0.6 is 0 Å². The second-order valence-electron chi connectivity index (χ2n) is 7.71. The van der Waals surface area contributed by atoms with Gasteiger partial charge in [0.25, 0.3) is 11.8 Å². The van der Waals surface area contributed by atoms with Crippen LogP contribution in [-0.2, 0) is 6.54 Å². The number of aromatic nitrogens is 3. The minimum Gasteiger partial charge on any atom is -0.349 e. The van der Waals surface area contributed by atoms with E-state index in [2.05, 4.69) is 43.9 Å². The van der Waals surface area contributed by atoms with E-state index in [4.69, 9.17) is 0 Å². The van der Waals surface area contributed by atoms with Gasteiger partial charge in [0, 0.05) is 36.5 Å². The monoisotopic (exact) mass is 416 g/mol. The fraction of sp³-hybridized carbons (Fsp3) is 0.261. The molecular formula is C23H24N6O2. The highest BCUT2D eigenvalue weighted by molar-refractivity contribution is 5.96.